The van der Waals surface area contributed by atoms with Gasteiger partial charge >= 0.3 is 0 Å². The Hall–Kier alpha value is -1.00. The topological polar surface area (TPSA) is 47.9 Å². The molecule has 0 spiro atoms. The zero-order valence-corrected chi connectivity index (χ0v) is 9.28. The summed E-state index contributed by atoms with van der Waals surface area (Å²) >= 11 is 0. The number of carbonyl (C=O) groups excluding carboxylic acids is 1. The van der Waals surface area contributed by atoms with Gasteiger partial charge in [0.2, 0.25) is 0 Å². The van der Waals surface area contributed by atoms with Crippen LogP contribution in [0, 0.1) is 0 Å². The lowest BCUT2D eigenvalue weighted by molar-refractivity contribution is -0.113. The van der Waals surface area contributed by atoms with Gasteiger partial charge in [-0.05, 0) is 18.4 Å². The van der Waals surface area contributed by atoms with Crippen molar-refractivity contribution in [1.29, 1.82) is 0 Å². The van der Waals surface area contributed by atoms with Crippen LogP contribution in [0.4, 0.5) is 0 Å². The van der Waals surface area contributed by atoms with E-state index >= 15 is 0 Å². The third-order valence-electron chi connectivity index (χ3n) is 2.17. The molecule has 0 aliphatic carbocycles. The highest BCUT2D eigenvalue weighted by molar-refractivity contribution is 5.95. The number of aliphatic imine (C=N–C) groups is 1. The van der Waals surface area contributed by atoms with Crippen LogP contribution in [0.15, 0.2) is 16.3 Å². The summed E-state index contributed by atoms with van der Waals surface area (Å²) in [5.74, 6) is 0.0105. The lowest BCUT2D eigenvalue weighted by Gasteiger charge is -2.13. The number of hydrogen-bond acceptors (Lipinski definition) is 4. The van der Waals surface area contributed by atoms with E-state index in [1.807, 2.05) is 0 Å². The van der Waals surface area contributed by atoms with Gasteiger partial charge in [-0.3, -0.25) is 9.79 Å². The van der Waals surface area contributed by atoms with Gasteiger partial charge in [0, 0.05) is 20.2 Å². The van der Waals surface area contributed by atoms with Crippen molar-refractivity contribution in [3.63, 3.8) is 0 Å². The maximum absolute atomic E-state index is 11.2. The van der Waals surface area contributed by atoms with Gasteiger partial charge in [0.1, 0.15) is 5.70 Å². The Balaban J connectivity index is 2.48. The molecule has 0 atom stereocenters. The quantitative estimate of drug-likeness (QED) is 0.623. The molecule has 1 aliphatic heterocycles. The molecule has 0 radical (unpaired) electrons. The summed E-state index contributed by atoms with van der Waals surface area (Å²) in [7, 11) is 1.63. The molecule has 1 rings (SSSR count). The van der Waals surface area contributed by atoms with E-state index in [9.17, 15) is 4.79 Å². The molecule has 0 unspecified atom stereocenters. The smallest absolute Gasteiger partial charge is 0.178 e. The molecule has 0 bridgehead atoms. The summed E-state index contributed by atoms with van der Waals surface area (Å²) in [5.41, 5.74) is 1.57. The summed E-state index contributed by atoms with van der Waals surface area (Å²) in [4.78, 5) is 15.3. The predicted molar refractivity (Wildman–Crippen MR) is 58.1 cm³/mol. The summed E-state index contributed by atoms with van der Waals surface area (Å²) in [5, 5.41) is 0. The minimum absolute atomic E-state index is 0.0105. The Morgan fingerprint density at radius 1 is 1.53 bits per heavy atom. The van der Waals surface area contributed by atoms with E-state index in [1.54, 1.807) is 13.3 Å². The van der Waals surface area contributed by atoms with Gasteiger partial charge in [-0.15, -0.1) is 0 Å². The van der Waals surface area contributed by atoms with Gasteiger partial charge in [-0.1, -0.05) is 0 Å². The Morgan fingerprint density at radius 2 is 2.33 bits per heavy atom. The largest absolute Gasteiger partial charge is 0.382 e. The van der Waals surface area contributed by atoms with E-state index in [0.29, 0.717) is 25.5 Å². The van der Waals surface area contributed by atoms with E-state index in [4.69, 9.17) is 9.47 Å². The maximum atomic E-state index is 11.2. The number of ketones is 1. The average Bonchev–Trinajstić information content (AvgIpc) is 2.25. The lowest BCUT2D eigenvalue weighted by atomic mass is 10.0. The summed E-state index contributed by atoms with van der Waals surface area (Å²) in [6.07, 6.45) is 3.54. The van der Waals surface area contributed by atoms with Crippen molar-refractivity contribution in [2.45, 2.75) is 19.8 Å². The summed E-state index contributed by atoms with van der Waals surface area (Å²) in [6.45, 7) is 3.14. The Morgan fingerprint density at radius 3 is 3.00 bits per heavy atom. The fraction of sp³-hybridized carbons (Fsp3) is 0.636. The van der Waals surface area contributed by atoms with Gasteiger partial charge in [-0.25, -0.2) is 0 Å². The molecule has 0 saturated carbocycles. The van der Waals surface area contributed by atoms with Gasteiger partial charge in [0.25, 0.3) is 0 Å². The van der Waals surface area contributed by atoms with Crippen LogP contribution in [0.3, 0.4) is 0 Å². The van der Waals surface area contributed by atoms with E-state index in [1.165, 1.54) is 6.92 Å². The number of nitrogens with zero attached hydrogens (tertiary/aromatic N) is 1. The third-order valence-corrected chi connectivity index (χ3v) is 2.17. The van der Waals surface area contributed by atoms with Crippen LogP contribution in [-0.2, 0) is 14.3 Å². The molecule has 0 N–H and O–H groups in total. The lowest BCUT2D eigenvalue weighted by Crippen LogP contribution is -2.11. The van der Waals surface area contributed by atoms with E-state index in [2.05, 4.69) is 4.99 Å². The Labute approximate surface area is 90.0 Å². The van der Waals surface area contributed by atoms with Crippen LogP contribution in [0.25, 0.3) is 0 Å². The molecule has 0 aromatic heterocycles. The number of methoxy groups -OCH3 is 1. The molecule has 0 amide bonds. The highest BCUT2D eigenvalue weighted by atomic mass is 16.5. The molecule has 1 heterocycles. The molecular weight excluding hydrogens is 194 g/mol. The van der Waals surface area contributed by atoms with Gasteiger partial charge < -0.3 is 9.47 Å². The highest BCUT2D eigenvalue weighted by Gasteiger charge is 2.13. The van der Waals surface area contributed by atoms with Crippen molar-refractivity contribution in [1.82, 2.24) is 0 Å². The minimum Gasteiger partial charge on any atom is -0.382 e. The van der Waals surface area contributed by atoms with Crippen LogP contribution in [0.5, 0.6) is 0 Å². The first-order valence-corrected chi connectivity index (χ1v) is 5.08. The van der Waals surface area contributed by atoms with E-state index in [-0.39, 0.29) is 5.78 Å². The minimum atomic E-state index is 0.0105. The second-order valence-electron chi connectivity index (χ2n) is 3.40. The number of Topliss-reactive ketones (excluding diaryl/α,β-unsaturated/α-hetero) is 1. The molecule has 4 nitrogen and oxygen atoms in total. The fourth-order valence-corrected chi connectivity index (χ4v) is 1.42. The normalized spacial score (nSPS) is 15.9. The van der Waals surface area contributed by atoms with E-state index < -0.39 is 0 Å². The van der Waals surface area contributed by atoms with Crippen molar-refractivity contribution in [2.75, 3.05) is 26.9 Å². The first-order valence-electron chi connectivity index (χ1n) is 5.08. The van der Waals surface area contributed by atoms with Crippen LogP contribution in [0.2, 0.25) is 0 Å². The van der Waals surface area contributed by atoms with Crippen LogP contribution in [0.1, 0.15) is 19.8 Å². The fourth-order valence-electron chi connectivity index (χ4n) is 1.42. The predicted octanol–water partition coefficient (Wildman–Crippen LogP) is 1.36. The second kappa shape index (κ2) is 6.48. The molecule has 0 fully saturated rings. The van der Waals surface area contributed by atoms with E-state index in [0.717, 1.165) is 18.4 Å². The van der Waals surface area contributed by atoms with Crippen molar-refractivity contribution < 1.29 is 14.3 Å². The van der Waals surface area contributed by atoms with Crippen LogP contribution >= 0.6 is 0 Å². The SMILES string of the molecule is COCCOCC1=C(C(C)=O)N=CCC1. The summed E-state index contributed by atoms with van der Waals surface area (Å²) < 4.78 is 10.3. The van der Waals surface area contributed by atoms with Crippen molar-refractivity contribution in [3.8, 4) is 0 Å². The standard InChI is InChI=1S/C11H17NO3/c1-9(13)11-10(4-3-5-12-11)8-15-7-6-14-2/h5H,3-4,6-8H2,1-2H3. The van der Waals surface area contributed by atoms with Crippen LogP contribution < -0.4 is 0 Å². The molecule has 4 heteroatoms. The van der Waals surface area contributed by atoms with Crippen molar-refractivity contribution >= 4 is 12.0 Å². The number of rotatable bonds is 6. The molecule has 0 aromatic carbocycles. The zero-order valence-electron chi connectivity index (χ0n) is 9.28. The zero-order chi connectivity index (χ0) is 11.1. The van der Waals surface area contributed by atoms with Gasteiger partial charge in [0.15, 0.2) is 5.78 Å². The average molecular weight is 211 g/mol. The molecule has 0 saturated heterocycles. The molecular formula is C11H17NO3. The molecule has 15 heavy (non-hydrogen) atoms. The van der Waals surface area contributed by atoms with Crippen molar-refractivity contribution in [3.05, 3.63) is 11.3 Å². The highest BCUT2D eigenvalue weighted by Crippen LogP contribution is 2.17. The monoisotopic (exact) mass is 211 g/mol. The molecule has 1 aliphatic rings. The first-order chi connectivity index (χ1) is 7.25. The second-order valence-corrected chi connectivity index (χ2v) is 3.40. The Kier molecular flexibility index (Phi) is 5.21. The van der Waals surface area contributed by atoms with Gasteiger partial charge in [0.05, 0.1) is 19.8 Å². The number of allylic oxidation sites excluding steroid dienone is 1. The third kappa shape index (κ3) is 3.93. The number of ether oxygens (including phenoxy) is 2. The molecule has 0 aromatic rings. The first kappa shape index (κ1) is 12.1. The maximum Gasteiger partial charge on any atom is 0.178 e. The van der Waals surface area contributed by atoms with Gasteiger partial charge in [-0.2, -0.15) is 0 Å². The number of hydrogen-bond donors (Lipinski definition) is 0. The van der Waals surface area contributed by atoms with Crippen LogP contribution in [-0.4, -0.2) is 38.9 Å². The summed E-state index contributed by atoms with van der Waals surface area (Å²) in [6, 6.07) is 0. The van der Waals surface area contributed by atoms with Crippen molar-refractivity contribution in [2.24, 2.45) is 4.99 Å². The number of carbonyl (C=O) groups is 1. The Bertz CT molecular complexity index is 282. The molecule has 84 valence electrons.